The first-order valence-corrected chi connectivity index (χ1v) is 10.5. The number of hydrogen-bond donors (Lipinski definition) is 1. The van der Waals surface area contributed by atoms with Crippen LogP contribution in [0.1, 0.15) is 60.7 Å². The number of allylic oxidation sites excluding steroid dienone is 1. The van der Waals surface area contributed by atoms with E-state index in [0.717, 1.165) is 12.0 Å². The summed E-state index contributed by atoms with van der Waals surface area (Å²) in [6, 6.07) is 7.09. The minimum Gasteiger partial charge on any atom is -0.504 e. The first-order valence-electron chi connectivity index (χ1n) is 10.5. The van der Waals surface area contributed by atoms with E-state index in [1.54, 1.807) is 12.1 Å². The molecule has 5 rings (SSSR count). The minimum absolute atomic E-state index is 0.00130. The Hall–Kier alpha value is -2.95. The zero-order valence-corrected chi connectivity index (χ0v) is 18.1. The summed E-state index contributed by atoms with van der Waals surface area (Å²) in [5.74, 6) is 1.01. The van der Waals surface area contributed by atoms with Crippen molar-refractivity contribution in [1.29, 1.82) is 0 Å². The van der Waals surface area contributed by atoms with Gasteiger partial charge in [-0.25, -0.2) is 0 Å². The molecule has 2 aliphatic heterocycles. The van der Waals surface area contributed by atoms with Crippen molar-refractivity contribution in [2.24, 2.45) is 5.41 Å². The largest absolute Gasteiger partial charge is 0.504 e. The average molecular weight is 408 g/mol. The Morgan fingerprint density at radius 2 is 1.97 bits per heavy atom. The van der Waals surface area contributed by atoms with E-state index in [2.05, 4.69) is 26.0 Å². The van der Waals surface area contributed by atoms with Gasteiger partial charge in [0.15, 0.2) is 17.3 Å². The van der Waals surface area contributed by atoms with E-state index in [9.17, 15) is 9.90 Å². The number of ether oxygens (including phenoxy) is 3. The predicted molar refractivity (Wildman–Crippen MR) is 116 cm³/mol. The van der Waals surface area contributed by atoms with Crippen LogP contribution in [-0.2, 0) is 6.42 Å². The third-order valence-electron chi connectivity index (χ3n) is 5.87. The van der Waals surface area contributed by atoms with Gasteiger partial charge in [0.2, 0.25) is 0 Å². The molecule has 5 nitrogen and oxygen atoms in total. The average Bonchev–Trinajstić information content (AvgIpc) is 2.73. The van der Waals surface area contributed by atoms with Crippen LogP contribution in [0.2, 0.25) is 0 Å². The molecule has 0 spiro atoms. The Bertz CT molecular complexity index is 1030. The number of phenolic OH excluding ortho intramolecular Hbond substituents is 1. The monoisotopic (exact) mass is 408 g/mol. The zero-order chi connectivity index (χ0) is 21.6. The van der Waals surface area contributed by atoms with Gasteiger partial charge >= 0.3 is 0 Å². The van der Waals surface area contributed by atoms with E-state index in [0.29, 0.717) is 28.4 Å². The third-order valence-corrected chi connectivity index (χ3v) is 5.87. The van der Waals surface area contributed by atoms with Crippen LogP contribution in [0.5, 0.6) is 23.0 Å². The lowest BCUT2D eigenvalue weighted by Crippen LogP contribution is -2.43. The Morgan fingerprint density at radius 3 is 2.70 bits per heavy atom. The summed E-state index contributed by atoms with van der Waals surface area (Å²) >= 11 is 0. The van der Waals surface area contributed by atoms with Crippen molar-refractivity contribution >= 4 is 11.9 Å². The van der Waals surface area contributed by atoms with Gasteiger partial charge in [0.1, 0.15) is 24.2 Å². The molecule has 0 bridgehead atoms. The summed E-state index contributed by atoms with van der Waals surface area (Å²) in [5.41, 5.74) is 3.50. The summed E-state index contributed by atoms with van der Waals surface area (Å²) in [6.07, 6.45) is 4.73. The molecule has 0 fully saturated rings. The highest BCUT2D eigenvalue weighted by Gasteiger charge is 2.44. The number of hydrogen-bond acceptors (Lipinski definition) is 5. The van der Waals surface area contributed by atoms with Crippen molar-refractivity contribution in [1.82, 2.24) is 0 Å². The van der Waals surface area contributed by atoms with E-state index in [4.69, 9.17) is 14.2 Å². The number of Topliss-reactive ketones (excluding diaryl/α,β-unsaturated/α-hetero) is 1. The lowest BCUT2D eigenvalue weighted by atomic mass is 9.76. The quantitative estimate of drug-likeness (QED) is 0.708. The van der Waals surface area contributed by atoms with Crippen molar-refractivity contribution in [2.45, 2.75) is 46.1 Å². The molecule has 2 atom stereocenters. The van der Waals surface area contributed by atoms with E-state index < -0.39 is 12.0 Å². The molecule has 30 heavy (non-hydrogen) atoms. The highest BCUT2D eigenvalue weighted by Crippen LogP contribution is 2.48. The molecule has 2 heterocycles. The van der Waals surface area contributed by atoms with Crippen LogP contribution in [0.4, 0.5) is 0 Å². The molecule has 3 aliphatic rings. The van der Waals surface area contributed by atoms with Crippen molar-refractivity contribution in [2.75, 3.05) is 13.7 Å². The third kappa shape index (κ3) is 3.13. The van der Waals surface area contributed by atoms with Crippen molar-refractivity contribution in [3.05, 3.63) is 52.6 Å². The molecule has 0 saturated heterocycles. The normalized spacial score (nSPS) is 22.1. The van der Waals surface area contributed by atoms with Gasteiger partial charge in [0.25, 0.3) is 0 Å². The Morgan fingerprint density at radius 1 is 1.20 bits per heavy atom. The summed E-state index contributed by atoms with van der Waals surface area (Å²) < 4.78 is 17.3. The number of carbonyl (C=O) groups is 1. The molecule has 0 unspecified atom stereocenters. The van der Waals surface area contributed by atoms with Crippen molar-refractivity contribution < 1.29 is 24.1 Å². The number of ketones is 1. The van der Waals surface area contributed by atoms with E-state index >= 15 is 0 Å². The number of methoxy groups -OCH3 is 1. The molecule has 0 aromatic heterocycles. The maximum atomic E-state index is 13.4. The van der Waals surface area contributed by atoms with Gasteiger partial charge in [-0.15, -0.1) is 0 Å². The molecule has 0 amide bonds. The number of benzene rings is 2. The van der Waals surface area contributed by atoms with Crippen LogP contribution in [0.25, 0.3) is 6.08 Å². The zero-order valence-electron chi connectivity index (χ0n) is 18.1. The minimum atomic E-state index is -0.505. The molecule has 5 heteroatoms. The second-order valence-electron chi connectivity index (χ2n) is 8.38. The van der Waals surface area contributed by atoms with Crippen LogP contribution in [0.15, 0.2) is 30.3 Å². The first kappa shape index (κ1) is 20.3. The first-order chi connectivity index (χ1) is 14.4. The molecule has 158 valence electrons. The second kappa shape index (κ2) is 7.38. The van der Waals surface area contributed by atoms with E-state index in [-0.39, 0.29) is 23.6 Å². The Labute approximate surface area is 177 Å². The summed E-state index contributed by atoms with van der Waals surface area (Å²) in [6.45, 7) is 8.66. The summed E-state index contributed by atoms with van der Waals surface area (Å²) in [5, 5.41) is 10.2. The fourth-order valence-electron chi connectivity index (χ4n) is 4.45. The molecule has 0 saturated carbocycles. The van der Waals surface area contributed by atoms with Gasteiger partial charge in [0, 0.05) is 17.2 Å². The van der Waals surface area contributed by atoms with Gasteiger partial charge < -0.3 is 19.3 Å². The van der Waals surface area contributed by atoms with Crippen LogP contribution < -0.4 is 14.2 Å². The lowest BCUT2D eigenvalue weighted by molar-refractivity contribution is 0.0557. The van der Waals surface area contributed by atoms with Gasteiger partial charge in [-0.05, 0) is 29.5 Å². The van der Waals surface area contributed by atoms with Gasteiger partial charge in [-0.1, -0.05) is 45.9 Å². The smallest absolute Gasteiger partial charge is 0.178 e. The summed E-state index contributed by atoms with van der Waals surface area (Å²) in [7, 11) is 1.48. The highest BCUT2D eigenvalue weighted by atomic mass is 16.5. The van der Waals surface area contributed by atoms with E-state index in [1.165, 1.54) is 12.7 Å². The number of rotatable bonds is 1. The fraction of sp³-hybridized carbons (Fsp3) is 0.400. The number of fused-ring (bicyclic) bond motifs is 6. The SMILES string of the molecule is CC.COc1cc2c(cc1O)[C@@H]1C(=O)c3ccc4c(c3O[C@@H]1CO2)C=CC(C)(C)C4. The Balaban J connectivity index is 0.00000106. The van der Waals surface area contributed by atoms with Gasteiger partial charge in [-0.2, -0.15) is 0 Å². The van der Waals surface area contributed by atoms with Crippen LogP contribution in [-0.4, -0.2) is 30.7 Å². The van der Waals surface area contributed by atoms with E-state index in [1.807, 2.05) is 26.0 Å². The van der Waals surface area contributed by atoms with Crippen LogP contribution in [0.3, 0.4) is 0 Å². The fourth-order valence-corrected chi connectivity index (χ4v) is 4.45. The van der Waals surface area contributed by atoms with Crippen LogP contribution >= 0.6 is 0 Å². The molecule has 1 aliphatic carbocycles. The van der Waals surface area contributed by atoms with Crippen molar-refractivity contribution in [3.8, 4) is 23.0 Å². The van der Waals surface area contributed by atoms with Gasteiger partial charge in [0.05, 0.1) is 18.6 Å². The standard InChI is InChI=1S/C23H22O5.C2H6/c1-23(2)7-6-13-12(10-23)4-5-14-21(25)20-15-8-16(24)18(26-3)9-17(15)27-11-19(20)28-22(13)14;1-2/h4-9,19-20,24H,10-11H2,1-3H3;1-2H3/t19-,20+;/m1./s1. The van der Waals surface area contributed by atoms with Gasteiger partial charge in [-0.3, -0.25) is 4.79 Å². The number of phenols is 1. The molecule has 0 radical (unpaired) electrons. The number of carbonyl (C=O) groups excluding carboxylic acids is 1. The Kier molecular flexibility index (Phi) is 5.00. The number of aromatic hydroxyl groups is 1. The van der Waals surface area contributed by atoms with Crippen molar-refractivity contribution in [3.63, 3.8) is 0 Å². The predicted octanol–water partition coefficient (Wildman–Crippen LogP) is 5.14. The molecular weight excluding hydrogens is 380 g/mol. The maximum Gasteiger partial charge on any atom is 0.178 e. The molecule has 1 N–H and O–H groups in total. The maximum absolute atomic E-state index is 13.4. The molecule has 2 aromatic rings. The highest BCUT2D eigenvalue weighted by molar-refractivity contribution is 6.06. The lowest BCUT2D eigenvalue weighted by Gasteiger charge is -2.38. The summed E-state index contributed by atoms with van der Waals surface area (Å²) in [4.78, 5) is 13.4. The topological polar surface area (TPSA) is 65.0 Å². The second-order valence-corrected chi connectivity index (χ2v) is 8.38. The molecular formula is C25H28O5. The van der Waals surface area contributed by atoms with Crippen LogP contribution in [0, 0.1) is 5.41 Å². The molecule has 2 aromatic carbocycles.